The Labute approximate surface area is 91.1 Å². The molecule has 1 aliphatic carbocycles. The molecule has 0 aromatic carbocycles. The van der Waals surface area contributed by atoms with Gasteiger partial charge in [0.1, 0.15) is 0 Å². The molecule has 2 aliphatic rings. The van der Waals surface area contributed by atoms with E-state index >= 15 is 0 Å². The van der Waals surface area contributed by atoms with E-state index in [-0.39, 0.29) is 12.1 Å². The summed E-state index contributed by atoms with van der Waals surface area (Å²) in [4.78, 5) is 11.5. The lowest BCUT2D eigenvalue weighted by Gasteiger charge is -2.19. The number of fused-ring (bicyclic) bond motifs is 1. The standard InChI is InChI=1S/C12H20O3/c1-3-8(2)14-12(13)7-9-4-5-10-11(6-9)15-10/h8-11H,3-7H2,1-2H3. The molecule has 1 saturated carbocycles. The fourth-order valence-electron chi connectivity index (χ4n) is 2.26. The molecule has 0 amide bonds. The largest absolute Gasteiger partial charge is 0.463 e. The van der Waals surface area contributed by atoms with Gasteiger partial charge < -0.3 is 9.47 Å². The van der Waals surface area contributed by atoms with E-state index in [9.17, 15) is 4.79 Å². The molecule has 3 nitrogen and oxygen atoms in total. The minimum Gasteiger partial charge on any atom is -0.463 e. The van der Waals surface area contributed by atoms with Crippen molar-refractivity contribution in [3.8, 4) is 0 Å². The number of carbonyl (C=O) groups is 1. The highest BCUT2D eigenvalue weighted by molar-refractivity contribution is 5.69. The van der Waals surface area contributed by atoms with Gasteiger partial charge in [0.15, 0.2) is 0 Å². The summed E-state index contributed by atoms with van der Waals surface area (Å²) < 4.78 is 10.7. The Kier molecular flexibility index (Phi) is 3.29. The van der Waals surface area contributed by atoms with Crippen LogP contribution >= 0.6 is 0 Å². The minimum atomic E-state index is -0.0338. The van der Waals surface area contributed by atoms with E-state index in [2.05, 4.69) is 0 Å². The van der Waals surface area contributed by atoms with Crippen molar-refractivity contribution in [1.82, 2.24) is 0 Å². The summed E-state index contributed by atoms with van der Waals surface area (Å²) in [5, 5.41) is 0. The third-order valence-corrected chi connectivity index (χ3v) is 3.48. The summed E-state index contributed by atoms with van der Waals surface area (Å²) in [6.07, 6.45) is 5.82. The van der Waals surface area contributed by atoms with Crippen LogP contribution in [0.15, 0.2) is 0 Å². The van der Waals surface area contributed by atoms with E-state index in [1.54, 1.807) is 0 Å². The van der Waals surface area contributed by atoms with Gasteiger partial charge in [0.2, 0.25) is 0 Å². The fraction of sp³-hybridized carbons (Fsp3) is 0.917. The number of carbonyl (C=O) groups excluding carboxylic acids is 1. The van der Waals surface area contributed by atoms with E-state index < -0.39 is 0 Å². The summed E-state index contributed by atoms with van der Waals surface area (Å²) >= 11 is 0. The van der Waals surface area contributed by atoms with Crippen LogP contribution in [-0.2, 0) is 14.3 Å². The van der Waals surface area contributed by atoms with Crippen molar-refractivity contribution < 1.29 is 14.3 Å². The number of epoxide rings is 1. The van der Waals surface area contributed by atoms with Crippen molar-refractivity contribution in [3.63, 3.8) is 0 Å². The fourth-order valence-corrected chi connectivity index (χ4v) is 2.26. The summed E-state index contributed by atoms with van der Waals surface area (Å²) in [6, 6.07) is 0. The second kappa shape index (κ2) is 4.52. The monoisotopic (exact) mass is 212 g/mol. The van der Waals surface area contributed by atoms with Crippen LogP contribution in [0.5, 0.6) is 0 Å². The number of hydrogen-bond acceptors (Lipinski definition) is 3. The zero-order chi connectivity index (χ0) is 10.8. The molecule has 1 heterocycles. The Morgan fingerprint density at radius 3 is 2.93 bits per heavy atom. The topological polar surface area (TPSA) is 38.8 Å². The van der Waals surface area contributed by atoms with Gasteiger partial charge >= 0.3 is 5.97 Å². The quantitative estimate of drug-likeness (QED) is 0.530. The van der Waals surface area contributed by atoms with Gasteiger partial charge in [-0.1, -0.05) is 6.92 Å². The molecule has 0 aromatic rings. The van der Waals surface area contributed by atoms with Crippen LogP contribution in [0, 0.1) is 5.92 Å². The average Bonchev–Trinajstić information content (AvgIpc) is 2.95. The highest BCUT2D eigenvalue weighted by Gasteiger charge is 2.44. The van der Waals surface area contributed by atoms with Gasteiger partial charge in [0.05, 0.1) is 18.3 Å². The third kappa shape index (κ3) is 2.94. The van der Waals surface area contributed by atoms with Gasteiger partial charge in [-0.05, 0) is 38.5 Å². The van der Waals surface area contributed by atoms with Gasteiger partial charge in [-0.15, -0.1) is 0 Å². The Bertz CT molecular complexity index is 239. The van der Waals surface area contributed by atoms with E-state index in [4.69, 9.17) is 9.47 Å². The second-order valence-corrected chi connectivity index (χ2v) is 4.80. The predicted octanol–water partition coefficient (Wildman–Crippen LogP) is 2.29. The summed E-state index contributed by atoms with van der Waals surface area (Å²) in [6.45, 7) is 3.97. The molecule has 0 aromatic heterocycles. The van der Waals surface area contributed by atoms with Crippen molar-refractivity contribution >= 4 is 5.97 Å². The molecule has 4 atom stereocenters. The summed E-state index contributed by atoms with van der Waals surface area (Å²) in [5.41, 5.74) is 0. The zero-order valence-electron chi connectivity index (χ0n) is 9.57. The number of esters is 1. The number of ether oxygens (including phenoxy) is 2. The van der Waals surface area contributed by atoms with E-state index in [1.807, 2.05) is 13.8 Å². The van der Waals surface area contributed by atoms with Crippen molar-refractivity contribution in [2.24, 2.45) is 5.92 Å². The summed E-state index contributed by atoms with van der Waals surface area (Å²) in [7, 11) is 0. The minimum absolute atomic E-state index is 0.0338. The normalized spacial score (nSPS) is 35.5. The third-order valence-electron chi connectivity index (χ3n) is 3.48. The molecule has 0 N–H and O–H groups in total. The highest BCUT2D eigenvalue weighted by Crippen LogP contribution is 2.40. The Morgan fingerprint density at radius 1 is 1.47 bits per heavy atom. The van der Waals surface area contributed by atoms with Gasteiger partial charge in [0, 0.05) is 6.42 Å². The first-order chi connectivity index (χ1) is 7.19. The van der Waals surface area contributed by atoms with Crippen LogP contribution in [-0.4, -0.2) is 24.3 Å². The molecule has 2 fully saturated rings. The Balaban J connectivity index is 1.69. The maximum Gasteiger partial charge on any atom is 0.306 e. The molecular formula is C12H20O3. The van der Waals surface area contributed by atoms with Crippen LogP contribution in [0.25, 0.3) is 0 Å². The zero-order valence-corrected chi connectivity index (χ0v) is 9.57. The van der Waals surface area contributed by atoms with Gasteiger partial charge in [-0.3, -0.25) is 4.79 Å². The van der Waals surface area contributed by atoms with Crippen LogP contribution in [0.2, 0.25) is 0 Å². The first-order valence-electron chi connectivity index (χ1n) is 6.04. The molecule has 1 aliphatic heterocycles. The van der Waals surface area contributed by atoms with Gasteiger partial charge in [-0.2, -0.15) is 0 Å². The molecule has 1 saturated heterocycles. The molecule has 0 spiro atoms. The van der Waals surface area contributed by atoms with Crippen molar-refractivity contribution in [3.05, 3.63) is 0 Å². The SMILES string of the molecule is CCC(C)OC(=O)CC1CCC2OC2C1. The number of hydrogen-bond donors (Lipinski definition) is 0. The molecular weight excluding hydrogens is 192 g/mol. The lowest BCUT2D eigenvalue weighted by Crippen LogP contribution is -2.20. The molecule has 15 heavy (non-hydrogen) atoms. The smallest absolute Gasteiger partial charge is 0.306 e. The summed E-state index contributed by atoms with van der Waals surface area (Å²) in [5.74, 6) is 0.457. The average molecular weight is 212 g/mol. The molecule has 0 bridgehead atoms. The Hall–Kier alpha value is -0.570. The van der Waals surface area contributed by atoms with Crippen LogP contribution in [0.1, 0.15) is 46.0 Å². The van der Waals surface area contributed by atoms with Gasteiger partial charge in [-0.25, -0.2) is 0 Å². The maximum atomic E-state index is 11.5. The predicted molar refractivity (Wildman–Crippen MR) is 56.5 cm³/mol. The highest BCUT2D eigenvalue weighted by atomic mass is 16.6. The molecule has 2 rings (SSSR count). The van der Waals surface area contributed by atoms with E-state index in [1.165, 1.54) is 0 Å². The van der Waals surface area contributed by atoms with Gasteiger partial charge in [0.25, 0.3) is 0 Å². The second-order valence-electron chi connectivity index (χ2n) is 4.80. The molecule has 4 unspecified atom stereocenters. The van der Waals surface area contributed by atoms with Crippen molar-refractivity contribution in [2.45, 2.75) is 64.3 Å². The van der Waals surface area contributed by atoms with Crippen LogP contribution in [0.4, 0.5) is 0 Å². The van der Waals surface area contributed by atoms with Crippen LogP contribution < -0.4 is 0 Å². The molecule has 3 heteroatoms. The number of rotatable bonds is 4. The van der Waals surface area contributed by atoms with Crippen molar-refractivity contribution in [2.75, 3.05) is 0 Å². The van der Waals surface area contributed by atoms with E-state index in [0.717, 1.165) is 25.7 Å². The lowest BCUT2D eigenvalue weighted by molar-refractivity contribution is -0.149. The molecule has 86 valence electrons. The maximum absolute atomic E-state index is 11.5. The Morgan fingerprint density at radius 2 is 2.27 bits per heavy atom. The van der Waals surface area contributed by atoms with Crippen molar-refractivity contribution in [1.29, 1.82) is 0 Å². The van der Waals surface area contributed by atoms with E-state index in [0.29, 0.717) is 24.5 Å². The molecule has 0 radical (unpaired) electrons. The lowest BCUT2D eigenvalue weighted by atomic mass is 9.87. The van der Waals surface area contributed by atoms with Crippen LogP contribution in [0.3, 0.4) is 0 Å². The first-order valence-corrected chi connectivity index (χ1v) is 6.04. The first kappa shape index (κ1) is 10.9.